The van der Waals surface area contributed by atoms with E-state index in [0.717, 1.165) is 5.56 Å². The van der Waals surface area contributed by atoms with E-state index in [-0.39, 0.29) is 5.76 Å². The molecule has 114 valence electrons. The highest BCUT2D eigenvalue weighted by atomic mass is 32.2. The van der Waals surface area contributed by atoms with Crippen molar-refractivity contribution in [3.63, 3.8) is 0 Å². The van der Waals surface area contributed by atoms with Crippen molar-refractivity contribution in [3.05, 3.63) is 42.2 Å². The Balaban J connectivity index is 1.79. The highest BCUT2D eigenvalue weighted by Crippen LogP contribution is 2.29. The molecular formula is C15H14N2O4S. The smallest absolute Gasteiger partial charge is 0.330 e. The lowest BCUT2D eigenvalue weighted by Crippen LogP contribution is -2.54. The predicted molar refractivity (Wildman–Crippen MR) is 81.7 cm³/mol. The van der Waals surface area contributed by atoms with E-state index < -0.39 is 17.4 Å². The van der Waals surface area contributed by atoms with Crippen LogP contribution in [0.1, 0.15) is 17.0 Å². The summed E-state index contributed by atoms with van der Waals surface area (Å²) < 4.78 is 5.05. The van der Waals surface area contributed by atoms with Crippen LogP contribution >= 0.6 is 11.8 Å². The van der Waals surface area contributed by atoms with Crippen molar-refractivity contribution in [1.29, 1.82) is 0 Å². The molecule has 1 unspecified atom stereocenters. The molecule has 2 N–H and O–H groups in total. The lowest BCUT2D eigenvalue weighted by molar-refractivity contribution is -0.143. The molecule has 1 amide bonds. The molecule has 2 aromatic rings. The molecule has 1 aromatic carbocycles. The molecule has 0 bridgehead atoms. The number of aromatic nitrogens is 1. The largest absolute Gasteiger partial charge is 0.479 e. The van der Waals surface area contributed by atoms with Crippen LogP contribution in [0.3, 0.4) is 0 Å². The molecule has 1 aromatic heterocycles. The van der Waals surface area contributed by atoms with E-state index in [2.05, 4.69) is 10.5 Å². The summed E-state index contributed by atoms with van der Waals surface area (Å²) in [5.74, 6) is -0.504. The van der Waals surface area contributed by atoms with E-state index >= 15 is 0 Å². The summed E-state index contributed by atoms with van der Waals surface area (Å²) in [5, 5.41) is 15.8. The SMILES string of the molecule is O=C(NC1(C(=O)O)CCSC1)c1cc(-c2ccccc2)no1. The number of carbonyl (C=O) groups is 2. The number of aliphatic carboxylic acids is 1. The third-order valence-corrected chi connectivity index (χ3v) is 4.78. The number of benzene rings is 1. The standard InChI is InChI=1S/C15H14N2O4S/c18-13(16-15(14(19)20)6-7-22-9-15)12-8-11(17-21-12)10-4-2-1-3-5-10/h1-5,8H,6-7,9H2,(H,16,18)(H,19,20). The van der Waals surface area contributed by atoms with Crippen LogP contribution in [0, 0.1) is 0 Å². The van der Waals surface area contributed by atoms with Gasteiger partial charge in [0.2, 0.25) is 5.76 Å². The maximum absolute atomic E-state index is 12.2. The van der Waals surface area contributed by atoms with Gasteiger partial charge in [0, 0.05) is 17.4 Å². The van der Waals surface area contributed by atoms with Gasteiger partial charge in [-0.05, 0) is 12.2 Å². The fourth-order valence-electron chi connectivity index (χ4n) is 2.29. The summed E-state index contributed by atoms with van der Waals surface area (Å²) in [6.45, 7) is 0. The van der Waals surface area contributed by atoms with Crippen molar-refractivity contribution >= 4 is 23.6 Å². The minimum absolute atomic E-state index is 0.0105. The number of rotatable bonds is 4. The number of nitrogens with one attached hydrogen (secondary N) is 1. The molecule has 1 atom stereocenters. The van der Waals surface area contributed by atoms with Gasteiger partial charge in [-0.15, -0.1) is 0 Å². The Kier molecular flexibility index (Phi) is 3.89. The number of carboxylic acids is 1. The Morgan fingerprint density at radius 1 is 1.32 bits per heavy atom. The average molecular weight is 318 g/mol. The molecule has 1 aliphatic heterocycles. The van der Waals surface area contributed by atoms with Crippen molar-refractivity contribution in [2.75, 3.05) is 11.5 Å². The summed E-state index contributed by atoms with van der Waals surface area (Å²) >= 11 is 1.51. The lowest BCUT2D eigenvalue weighted by Gasteiger charge is -2.23. The number of carbonyl (C=O) groups excluding carboxylic acids is 1. The summed E-state index contributed by atoms with van der Waals surface area (Å²) in [5.41, 5.74) is 0.146. The highest BCUT2D eigenvalue weighted by molar-refractivity contribution is 7.99. The Hall–Kier alpha value is -2.28. The van der Waals surface area contributed by atoms with Gasteiger partial charge in [0.1, 0.15) is 11.2 Å². The molecule has 0 spiro atoms. The first-order chi connectivity index (χ1) is 10.6. The topological polar surface area (TPSA) is 92.4 Å². The second-order valence-corrected chi connectivity index (χ2v) is 6.19. The predicted octanol–water partition coefficient (Wildman–Crippen LogP) is 2.03. The Morgan fingerprint density at radius 3 is 2.73 bits per heavy atom. The number of carboxylic acid groups (broad SMARTS) is 1. The van der Waals surface area contributed by atoms with Gasteiger partial charge in [0.25, 0.3) is 5.91 Å². The molecule has 0 radical (unpaired) electrons. The van der Waals surface area contributed by atoms with Crippen molar-refractivity contribution in [1.82, 2.24) is 10.5 Å². The van der Waals surface area contributed by atoms with E-state index in [1.165, 1.54) is 17.8 Å². The molecule has 0 saturated carbocycles. The molecular weight excluding hydrogens is 304 g/mol. The van der Waals surface area contributed by atoms with Gasteiger partial charge in [-0.2, -0.15) is 11.8 Å². The Morgan fingerprint density at radius 2 is 2.09 bits per heavy atom. The normalized spacial score (nSPS) is 20.7. The van der Waals surface area contributed by atoms with Crippen molar-refractivity contribution in [3.8, 4) is 11.3 Å². The van der Waals surface area contributed by atoms with Crippen LogP contribution < -0.4 is 5.32 Å². The van der Waals surface area contributed by atoms with E-state index in [4.69, 9.17) is 4.52 Å². The molecule has 7 heteroatoms. The zero-order valence-corrected chi connectivity index (χ0v) is 12.4. The summed E-state index contributed by atoms with van der Waals surface area (Å²) in [6, 6.07) is 10.8. The third kappa shape index (κ3) is 2.71. The van der Waals surface area contributed by atoms with Gasteiger partial charge >= 0.3 is 5.97 Å². The zero-order chi connectivity index (χ0) is 15.6. The fourth-order valence-corrected chi connectivity index (χ4v) is 3.62. The van der Waals surface area contributed by atoms with E-state index in [1.54, 1.807) is 0 Å². The zero-order valence-electron chi connectivity index (χ0n) is 11.6. The minimum Gasteiger partial charge on any atom is -0.479 e. The van der Waals surface area contributed by atoms with Crippen molar-refractivity contribution in [2.24, 2.45) is 0 Å². The molecule has 2 heterocycles. The maximum Gasteiger partial charge on any atom is 0.330 e. The molecule has 6 nitrogen and oxygen atoms in total. The number of amides is 1. The summed E-state index contributed by atoms with van der Waals surface area (Å²) in [6.07, 6.45) is 0.401. The maximum atomic E-state index is 12.2. The van der Waals surface area contributed by atoms with Crippen LogP contribution in [0.15, 0.2) is 40.9 Å². The quantitative estimate of drug-likeness (QED) is 0.896. The molecule has 22 heavy (non-hydrogen) atoms. The van der Waals surface area contributed by atoms with Crippen molar-refractivity contribution in [2.45, 2.75) is 12.0 Å². The monoisotopic (exact) mass is 318 g/mol. The lowest BCUT2D eigenvalue weighted by atomic mass is 9.99. The number of hydrogen-bond acceptors (Lipinski definition) is 5. The molecule has 1 aliphatic rings. The Labute approximate surface area is 130 Å². The van der Waals surface area contributed by atoms with Gasteiger partial charge in [-0.3, -0.25) is 4.79 Å². The fraction of sp³-hybridized carbons (Fsp3) is 0.267. The Bertz CT molecular complexity index is 693. The van der Waals surface area contributed by atoms with Crippen LogP contribution in [0.25, 0.3) is 11.3 Å². The van der Waals surface area contributed by atoms with Crippen LogP contribution in [-0.2, 0) is 4.79 Å². The first-order valence-electron chi connectivity index (χ1n) is 6.76. The number of nitrogens with zero attached hydrogens (tertiary/aromatic N) is 1. The minimum atomic E-state index is -1.22. The van der Waals surface area contributed by atoms with E-state index in [1.807, 2.05) is 30.3 Å². The van der Waals surface area contributed by atoms with Gasteiger partial charge in [-0.25, -0.2) is 4.79 Å². The second kappa shape index (κ2) is 5.84. The van der Waals surface area contributed by atoms with E-state index in [0.29, 0.717) is 23.6 Å². The summed E-state index contributed by atoms with van der Waals surface area (Å²) in [7, 11) is 0. The van der Waals surface area contributed by atoms with Crippen LogP contribution in [0.2, 0.25) is 0 Å². The molecule has 0 aliphatic carbocycles. The second-order valence-electron chi connectivity index (χ2n) is 5.09. The van der Waals surface area contributed by atoms with Crippen LogP contribution in [0.4, 0.5) is 0 Å². The van der Waals surface area contributed by atoms with Gasteiger partial charge in [0.15, 0.2) is 0 Å². The summed E-state index contributed by atoms with van der Waals surface area (Å²) in [4.78, 5) is 23.7. The third-order valence-electron chi connectivity index (χ3n) is 3.59. The van der Waals surface area contributed by atoms with Crippen LogP contribution in [0.5, 0.6) is 0 Å². The van der Waals surface area contributed by atoms with Crippen molar-refractivity contribution < 1.29 is 19.2 Å². The molecule has 3 rings (SSSR count). The van der Waals surface area contributed by atoms with Gasteiger partial charge in [0.05, 0.1) is 0 Å². The highest BCUT2D eigenvalue weighted by Gasteiger charge is 2.43. The number of thioether (sulfide) groups is 1. The van der Waals surface area contributed by atoms with Crippen LogP contribution in [-0.4, -0.2) is 39.2 Å². The average Bonchev–Trinajstić information content (AvgIpc) is 3.18. The molecule has 1 fully saturated rings. The van der Waals surface area contributed by atoms with E-state index in [9.17, 15) is 14.7 Å². The first-order valence-corrected chi connectivity index (χ1v) is 7.92. The van der Waals surface area contributed by atoms with Gasteiger partial charge < -0.3 is 14.9 Å². The number of hydrogen-bond donors (Lipinski definition) is 2. The van der Waals surface area contributed by atoms with Gasteiger partial charge in [-0.1, -0.05) is 35.5 Å². The molecule has 1 saturated heterocycles. The first kappa shape index (κ1) is 14.6.